The van der Waals surface area contributed by atoms with E-state index in [9.17, 15) is 49.1 Å². The van der Waals surface area contributed by atoms with Crippen LogP contribution in [0.15, 0.2) is 138 Å². The molecule has 0 spiro atoms. The van der Waals surface area contributed by atoms with Crippen LogP contribution in [-0.2, 0) is 30.4 Å². The van der Waals surface area contributed by atoms with E-state index >= 15 is 0 Å². The van der Waals surface area contributed by atoms with Crippen LogP contribution in [-0.4, -0.2) is 49.1 Å². The number of benzene rings is 6. The Morgan fingerprint density at radius 2 is 0.887 bits per heavy atom. The molecule has 0 aliphatic heterocycles. The maximum Gasteiger partial charge on any atom is 1.00 e. The van der Waals surface area contributed by atoms with Gasteiger partial charge in [0.1, 0.15) is 53.2 Å². The zero-order valence-electron chi connectivity index (χ0n) is 27.9. The largest absolute Gasteiger partial charge is 1.00 e. The van der Waals surface area contributed by atoms with Gasteiger partial charge in [-0.05, 0) is 76.5 Å². The second kappa shape index (κ2) is 17.4. The zero-order chi connectivity index (χ0) is 36.0. The summed E-state index contributed by atoms with van der Waals surface area (Å²) in [6, 6.07) is 23.4. The van der Waals surface area contributed by atoms with Gasteiger partial charge < -0.3 is 23.9 Å². The first kappa shape index (κ1) is 44.8. The van der Waals surface area contributed by atoms with Gasteiger partial charge in [0, 0.05) is 10.8 Å². The number of fused-ring (bicyclic) bond motifs is 2. The van der Waals surface area contributed by atoms with Gasteiger partial charge in [0.25, 0.3) is 0 Å². The van der Waals surface area contributed by atoms with Crippen LogP contribution in [0, 0.1) is 0 Å². The van der Waals surface area contributed by atoms with Crippen LogP contribution in [0.25, 0.3) is 32.7 Å². The first-order valence-corrected chi connectivity index (χ1v) is 18.2. The smallest absolute Gasteiger partial charge is 0.744 e. The molecule has 0 fully saturated rings. The summed E-state index contributed by atoms with van der Waals surface area (Å²) in [6.45, 7) is 0. The van der Waals surface area contributed by atoms with E-state index in [-0.39, 0.29) is 117 Å². The quantitative estimate of drug-likeness (QED) is 0.0934. The normalized spacial score (nSPS) is 12.1. The number of rotatable bonds is 8. The number of phenols is 2. The molecule has 53 heavy (non-hydrogen) atoms. The molecule has 6 aromatic carbocycles. The maximum atomic E-state index is 12.0. The molecule has 6 rings (SSSR count). The van der Waals surface area contributed by atoms with Crippen molar-refractivity contribution in [2.75, 3.05) is 0 Å². The Balaban J connectivity index is 0.00000252. The van der Waals surface area contributed by atoms with Gasteiger partial charge in [-0.25, -0.2) is 25.3 Å². The predicted molar refractivity (Wildman–Crippen MR) is 175 cm³/mol. The van der Waals surface area contributed by atoms with Crippen molar-refractivity contribution >= 4 is 74.6 Å². The van der Waals surface area contributed by atoms with Gasteiger partial charge in [0.2, 0.25) is 0 Å². The van der Waals surface area contributed by atoms with Gasteiger partial charge in [-0.3, -0.25) is 0 Å². The average Bonchev–Trinajstić information content (AvgIpc) is 3.06. The van der Waals surface area contributed by atoms with Crippen molar-refractivity contribution in [3.63, 3.8) is 0 Å². The van der Waals surface area contributed by atoms with Crippen LogP contribution in [0.4, 0.5) is 22.7 Å². The third-order valence-corrected chi connectivity index (χ3v) is 9.94. The molecule has 0 unspecified atom stereocenters. The third-order valence-electron chi connectivity index (χ3n) is 7.39. The van der Waals surface area contributed by atoms with Crippen LogP contribution < -0.4 is 88.7 Å². The van der Waals surface area contributed by atoms with E-state index in [0.717, 1.165) is 29.8 Å². The first-order valence-electron chi connectivity index (χ1n) is 14.0. The summed E-state index contributed by atoms with van der Waals surface area (Å²) < 4.78 is 106. The minimum atomic E-state index is -5.33. The number of hydrogen-bond acceptors (Lipinski definition) is 15. The predicted octanol–water partition coefficient (Wildman–Crippen LogP) is -2.37. The van der Waals surface area contributed by atoms with Crippen molar-refractivity contribution in [1.29, 1.82) is 0 Å². The van der Waals surface area contributed by atoms with Crippen molar-refractivity contribution < 1.29 is 138 Å². The molecule has 0 saturated carbocycles. The number of hydrogen-bond donors (Lipinski definition) is 2. The Morgan fingerprint density at radius 3 is 1.32 bits per heavy atom. The second-order valence-electron chi connectivity index (χ2n) is 10.6. The molecule has 0 saturated heterocycles. The Bertz CT molecular complexity index is 2750. The van der Waals surface area contributed by atoms with Gasteiger partial charge in [-0.15, -0.1) is 10.2 Å². The monoisotopic (exact) mass is 800 g/mol. The standard InChI is InChI=1S/C32H22N4O11S3.3Na/c37-25-14-8-20-2-1-3-27(49(42,43)44)29(20)31(25)35-33-22-10-4-18(5-11-22)19-6-12-23(13-7-19)34-36-32-26(38)15-9-21-16-24(48(39,40)41)17-28(30(21)32)50(45,46)47;;;/h1-17,37-38H,(H,39,40,41)(H,42,43,44)(H,45,46,47);;;/q;3*+1/p-3. The molecule has 0 bridgehead atoms. The summed E-state index contributed by atoms with van der Waals surface area (Å²) in [5, 5.41) is 36.6. The fourth-order valence-electron chi connectivity index (χ4n) is 5.10. The molecule has 21 heteroatoms. The van der Waals surface area contributed by atoms with Crippen LogP contribution in [0.3, 0.4) is 0 Å². The Morgan fingerprint density at radius 1 is 0.453 bits per heavy atom. The fourth-order valence-corrected chi connectivity index (χ4v) is 7.15. The second-order valence-corrected chi connectivity index (χ2v) is 14.7. The first-order chi connectivity index (χ1) is 23.5. The van der Waals surface area contributed by atoms with Crippen molar-refractivity contribution in [2.24, 2.45) is 20.5 Å². The van der Waals surface area contributed by atoms with Crippen LogP contribution in [0.2, 0.25) is 0 Å². The van der Waals surface area contributed by atoms with Crippen LogP contribution >= 0.6 is 0 Å². The van der Waals surface area contributed by atoms with Gasteiger partial charge >= 0.3 is 88.7 Å². The molecule has 0 amide bonds. The maximum absolute atomic E-state index is 12.0. The summed E-state index contributed by atoms with van der Waals surface area (Å²) in [5.74, 6) is -0.939. The molecule has 0 aliphatic carbocycles. The fraction of sp³-hybridized carbons (Fsp3) is 0. The van der Waals surface area contributed by atoms with E-state index in [0.29, 0.717) is 22.7 Å². The van der Waals surface area contributed by atoms with Gasteiger partial charge in [0.15, 0.2) is 0 Å². The molecule has 2 N–H and O–H groups in total. The molecule has 0 aliphatic rings. The molecule has 15 nitrogen and oxygen atoms in total. The molecule has 6 aromatic rings. The molecular weight excluding hydrogens is 782 g/mol. The van der Waals surface area contributed by atoms with E-state index in [1.54, 1.807) is 54.6 Å². The summed E-state index contributed by atoms with van der Waals surface area (Å²) in [4.78, 5) is -2.56. The van der Waals surface area contributed by atoms with E-state index in [4.69, 9.17) is 0 Å². The Hall–Kier alpha value is -2.63. The SMILES string of the molecule is O=S(=O)([O-])c1cc(S(=O)(=O)[O-])c2c(N=Nc3ccc(-c4ccc(N=Nc5c(O)ccc6cccc(S(=O)(=O)[O-])c56)cc4)cc3)c(O)ccc2c1.[Na+].[Na+].[Na+]. The van der Waals surface area contributed by atoms with E-state index < -0.39 is 61.9 Å². The van der Waals surface area contributed by atoms with E-state index in [1.165, 1.54) is 18.2 Å². The van der Waals surface area contributed by atoms with Crippen molar-refractivity contribution in [2.45, 2.75) is 14.7 Å². The number of phenolic OH excluding ortho intramolecular Hbond substituents is 2. The van der Waals surface area contributed by atoms with E-state index in [1.807, 2.05) is 0 Å². The van der Waals surface area contributed by atoms with Crippen LogP contribution in [0.1, 0.15) is 0 Å². The summed E-state index contributed by atoms with van der Waals surface area (Å²) in [6.07, 6.45) is 0. The molecule has 0 atom stereocenters. The minimum absolute atomic E-state index is 0. The minimum Gasteiger partial charge on any atom is -0.744 e. The van der Waals surface area contributed by atoms with E-state index in [2.05, 4.69) is 20.5 Å². The Kier molecular flexibility index (Phi) is 14.7. The van der Waals surface area contributed by atoms with Gasteiger partial charge in [0.05, 0.1) is 26.1 Å². The van der Waals surface area contributed by atoms with Crippen molar-refractivity contribution in [3.8, 4) is 22.6 Å². The van der Waals surface area contributed by atoms with Gasteiger partial charge in [-0.1, -0.05) is 48.5 Å². The summed E-state index contributed by atoms with van der Waals surface area (Å²) in [5.41, 5.74) is 1.39. The Labute approximate surface area is 369 Å². The topological polar surface area (TPSA) is 262 Å². The molecule has 0 aromatic heterocycles. The summed E-state index contributed by atoms with van der Waals surface area (Å²) in [7, 11) is -15.3. The number of azo groups is 2. The van der Waals surface area contributed by atoms with Crippen molar-refractivity contribution in [3.05, 3.63) is 103 Å². The molecular formula is C32H19N4Na3O11S3. The zero-order valence-corrected chi connectivity index (χ0v) is 36.3. The van der Waals surface area contributed by atoms with Gasteiger partial charge in [-0.2, -0.15) is 10.2 Å². The summed E-state index contributed by atoms with van der Waals surface area (Å²) >= 11 is 0. The van der Waals surface area contributed by atoms with Crippen LogP contribution in [0.5, 0.6) is 11.5 Å². The van der Waals surface area contributed by atoms with Crippen molar-refractivity contribution in [1.82, 2.24) is 0 Å². The molecule has 0 heterocycles. The average molecular weight is 801 g/mol. The third kappa shape index (κ3) is 9.98. The number of nitrogens with zero attached hydrogens (tertiary/aromatic N) is 4. The molecule has 254 valence electrons. The molecule has 0 radical (unpaired) electrons. The number of aromatic hydroxyl groups is 2.